The minimum Gasteiger partial charge on any atom is -0.351 e. The molecule has 3 atom stereocenters. The zero-order valence-corrected chi connectivity index (χ0v) is 61.2. The first kappa shape index (κ1) is 70.2. The van der Waals surface area contributed by atoms with Gasteiger partial charge in [-0.1, -0.05) is 256 Å². The molecule has 0 amide bonds. The molecule has 87 heavy (non-hydrogen) atoms. The monoisotopic (exact) mass is 1240 g/mol. The van der Waals surface area contributed by atoms with Crippen LogP contribution in [-0.2, 0) is 82.7 Å². The van der Waals surface area contributed by atoms with Gasteiger partial charge in [0.25, 0.3) is 0 Å². The molecule has 3 aliphatic heterocycles. The summed E-state index contributed by atoms with van der Waals surface area (Å²) in [4.78, 5) is 42.7. The van der Waals surface area contributed by atoms with Gasteiger partial charge in [0.05, 0.1) is 31.8 Å². The summed E-state index contributed by atoms with van der Waals surface area (Å²) < 4.78 is 45.7. The zero-order valence-electron chi connectivity index (χ0n) is 59.4. The Bertz CT molecular complexity index is 3140. The molecule has 2 saturated heterocycles. The Hall–Kier alpha value is -2.66. The topological polar surface area (TPSA) is 136 Å². The molecular formula is C75H114O10P2. The molecule has 4 aromatic rings. The Balaban J connectivity index is 1.82. The lowest BCUT2D eigenvalue weighted by Gasteiger charge is -2.69. The largest absolute Gasteiger partial charge is 0.351 e. The molecule has 3 heterocycles. The number of ether oxygens (including phenoxy) is 4. The first-order chi connectivity index (χ1) is 39.1. The Kier molecular flexibility index (Phi) is 18.0. The third kappa shape index (κ3) is 12.2. The molecule has 2 fully saturated rings. The van der Waals surface area contributed by atoms with Gasteiger partial charge in [-0.2, -0.15) is 0 Å². The molecule has 3 unspecified atom stereocenters. The fourth-order valence-electron chi connectivity index (χ4n) is 14.5. The van der Waals surface area contributed by atoms with Crippen LogP contribution in [0.3, 0.4) is 0 Å². The number of hydrogen-bond donors (Lipinski definition) is 4. The summed E-state index contributed by atoms with van der Waals surface area (Å²) in [6.45, 7) is 68.6. The van der Waals surface area contributed by atoms with Crippen LogP contribution in [0.2, 0.25) is 0 Å². The molecule has 0 saturated carbocycles. The second kappa shape index (κ2) is 22.3. The van der Waals surface area contributed by atoms with E-state index in [1.54, 1.807) is 0 Å². The Labute approximate surface area is 529 Å². The van der Waals surface area contributed by atoms with Gasteiger partial charge in [0.15, 0.2) is 6.29 Å². The Morgan fingerprint density at radius 2 is 0.747 bits per heavy atom. The van der Waals surface area contributed by atoms with Crippen molar-refractivity contribution >= 4 is 17.2 Å². The summed E-state index contributed by atoms with van der Waals surface area (Å²) >= 11 is 0. The molecular weight excluding hydrogens is 1120 g/mol. The van der Waals surface area contributed by atoms with Crippen molar-refractivity contribution in [3.05, 3.63) is 138 Å². The van der Waals surface area contributed by atoms with Gasteiger partial charge in [-0.15, -0.1) is 0 Å². The molecule has 10 nitrogen and oxygen atoms in total. The van der Waals surface area contributed by atoms with Crippen LogP contribution in [0.1, 0.15) is 315 Å². The summed E-state index contributed by atoms with van der Waals surface area (Å²) in [5.74, 6) is -2.17. The van der Waals surface area contributed by atoms with Crippen molar-refractivity contribution < 1.29 is 47.6 Å². The maximum absolute atomic E-state index is 11.1. The SMILES string of the molecule is CC1c2cc(C(C)(C)C)cc(C(C)(C)C)c2C2OC(C(C)(C)COP(O)O)(OC3(c4c(cc(C(C)(C)C)cc4C(C)(C)C)C(C)c4cc(C(C)(C)C)cc(C(C)(C)C)c43)C23COC(C(C)(C)COP(O)O)OC3)c2c1cc(C(C)(C)C)cc2C(C)(C)C. The van der Waals surface area contributed by atoms with Crippen LogP contribution >= 0.6 is 17.2 Å². The van der Waals surface area contributed by atoms with Gasteiger partial charge in [0.2, 0.25) is 5.79 Å². The van der Waals surface area contributed by atoms with E-state index in [0.29, 0.717) is 0 Å². The third-order valence-corrected chi connectivity index (χ3v) is 20.7. The minimum absolute atomic E-state index is 0.0375. The quantitative estimate of drug-likeness (QED) is 0.126. The fraction of sp³-hybridized carbons (Fsp3) is 0.680. The average molecular weight is 1240 g/mol. The van der Waals surface area contributed by atoms with Gasteiger partial charge in [-0.25, -0.2) is 0 Å². The van der Waals surface area contributed by atoms with Gasteiger partial charge in [0, 0.05) is 28.2 Å². The Morgan fingerprint density at radius 1 is 0.425 bits per heavy atom. The molecule has 0 radical (unpaired) electrons. The highest BCUT2D eigenvalue weighted by Crippen LogP contribution is 2.74. The molecule has 2 spiro atoms. The highest BCUT2D eigenvalue weighted by Gasteiger charge is 2.76. The van der Waals surface area contributed by atoms with Crippen LogP contribution in [0.25, 0.3) is 0 Å². The predicted molar refractivity (Wildman–Crippen MR) is 358 cm³/mol. The highest BCUT2D eigenvalue weighted by molar-refractivity contribution is 7.39. The van der Waals surface area contributed by atoms with Crippen LogP contribution in [0.5, 0.6) is 0 Å². The van der Waals surface area contributed by atoms with Crippen LogP contribution < -0.4 is 0 Å². The van der Waals surface area contributed by atoms with E-state index in [0.717, 1.165) is 55.6 Å². The van der Waals surface area contributed by atoms with Crippen molar-refractivity contribution in [1.82, 2.24) is 0 Å². The lowest BCUT2D eigenvalue weighted by Crippen LogP contribution is -2.72. The third-order valence-electron chi connectivity index (χ3n) is 20.0. The van der Waals surface area contributed by atoms with E-state index in [4.69, 9.17) is 23.3 Å². The van der Waals surface area contributed by atoms with Crippen molar-refractivity contribution in [3.8, 4) is 0 Å². The van der Waals surface area contributed by atoms with Crippen LogP contribution in [0, 0.1) is 16.2 Å². The lowest BCUT2D eigenvalue weighted by atomic mass is 9.50. The average Bonchev–Trinajstić information content (AvgIpc) is 0.648. The number of benzene rings is 4. The fourth-order valence-corrected chi connectivity index (χ4v) is 15.4. The van der Waals surface area contributed by atoms with Crippen molar-refractivity contribution in [2.24, 2.45) is 16.2 Å². The van der Waals surface area contributed by atoms with Crippen LogP contribution in [0.4, 0.5) is 0 Å². The van der Waals surface area contributed by atoms with Gasteiger partial charge in [-0.05, 0) is 127 Å². The van der Waals surface area contributed by atoms with E-state index in [1.807, 2.05) is 13.8 Å². The first-order valence-electron chi connectivity index (χ1n) is 32.1. The van der Waals surface area contributed by atoms with Crippen molar-refractivity contribution in [3.63, 3.8) is 0 Å². The van der Waals surface area contributed by atoms with Gasteiger partial charge in [-0.3, -0.25) is 0 Å². The molecule has 4 aromatic carbocycles. The Morgan fingerprint density at radius 3 is 1.10 bits per heavy atom. The van der Waals surface area contributed by atoms with Crippen LogP contribution in [-0.4, -0.2) is 52.3 Å². The number of rotatable bonds is 8. The summed E-state index contributed by atoms with van der Waals surface area (Å²) in [5.41, 5.74) is 10.2. The van der Waals surface area contributed by atoms with Crippen molar-refractivity contribution in [1.29, 1.82) is 0 Å². The zero-order chi connectivity index (χ0) is 65.9. The summed E-state index contributed by atoms with van der Waals surface area (Å²) in [5, 5.41) is 0. The second-order valence-electron chi connectivity index (χ2n) is 36.4. The molecule has 1 aliphatic carbocycles. The van der Waals surface area contributed by atoms with Crippen molar-refractivity contribution in [2.45, 2.75) is 287 Å². The van der Waals surface area contributed by atoms with Gasteiger partial charge < -0.3 is 47.6 Å². The second-order valence-corrected chi connectivity index (χ2v) is 37.9. The maximum atomic E-state index is 11.1. The normalized spacial score (nSPS) is 25.1. The molecule has 2 bridgehead atoms. The van der Waals surface area contributed by atoms with E-state index in [9.17, 15) is 24.3 Å². The molecule has 8 rings (SSSR count). The minimum atomic E-state index is -2.84. The van der Waals surface area contributed by atoms with E-state index in [-0.39, 0.29) is 59.9 Å². The summed E-state index contributed by atoms with van der Waals surface area (Å²) in [6, 6.07) is 19.7. The molecule has 4 N–H and O–H groups in total. The number of hydrogen-bond acceptors (Lipinski definition) is 10. The van der Waals surface area contributed by atoms with Crippen molar-refractivity contribution in [2.75, 3.05) is 26.4 Å². The summed E-state index contributed by atoms with van der Waals surface area (Å²) in [7, 11) is -5.51. The summed E-state index contributed by atoms with van der Waals surface area (Å²) in [6.07, 6.45) is -1.75. The van der Waals surface area contributed by atoms with E-state index >= 15 is 0 Å². The highest BCUT2D eigenvalue weighted by atomic mass is 31.2. The van der Waals surface area contributed by atoms with Gasteiger partial charge >= 0.3 is 17.2 Å². The standard InChI is InChI=1S/C75H114O10P2/c1-43-49-31-45(63(3,4)5)35-53(67(15,16)17)57(49)61-73(41-80-62(81-42-73)71(27,28)39-82-86(76)77)74(85-75(84-61,72(29,30)40-83-87(78)79)60-52(43)34-48(66(12,13)14)38-56(60)70(24,25)26)58-50(32-46(64(6,7)8)36-54(58)68(18,19)20)44(2)51-33-47(65(9,10)11)37-55(59(51)74)69(21,22)23/h31-38,43-44,61-62,76-79H,39-42H2,1-30H3. The van der Waals surface area contributed by atoms with Crippen LogP contribution in [0.15, 0.2) is 48.5 Å². The predicted octanol–water partition coefficient (Wildman–Crippen LogP) is 18.7. The maximum Gasteiger partial charge on any atom is 0.327 e. The smallest absolute Gasteiger partial charge is 0.327 e. The molecule has 0 aromatic heterocycles. The molecule has 12 heteroatoms. The number of fused-ring (bicyclic) bond motifs is 12. The lowest BCUT2D eigenvalue weighted by molar-refractivity contribution is -0.464. The van der Waals surface area contributed by atoms with E-state index in [1.165, 1.54) is 33.4 Å². The molecule has 4 aliphatic rings. The van der Waals surface area contributed by atoms with Gasteiger partial charge in [0.1, 0.15) is 11.7 Å². The van der Waals surface area contributed by atoms with E-state index < -0.39 is 78.9 Å². The molecule has 484 valence electrons. The first-order valence-corrected chi connectivity index (χ1v) is 34.4. The van der Waals surface area contributed by atoms with E-state index in [2.05, 4.69) is 242 Å².